The van der Waals surface area contributed by atoms with Crippen molar-refractivity contribution in [2.24, 2.45) is 7.05 Å². The first-order valence-electron chi connectivity index (χ1n) is 9.14. The molecule has 0 aliphatic carbocycles. The van der Waals surface area contributed by atoms with Gasteiger partial charge in [0, 0.05) is 45.0 Å². The van der Waals surface area contributed by atoms with Gasteiger partial charge in [0.15, 0.2) is 28.5 Å². The molecule has 1 aliphatic heterocycles. The van der Waals surface area contributed by atoms with Gasteiger partial charge in [-0.1, -0.05) is 5.21 Å². The number of hydrogen-bond donors (Lipinski definition) is 1. The molecule has 2 aromatic heterocycles. The first kappa shape index (κ1) is 18.7. The van der Waals surface area contributed by atoms with Crippen LogP contribution in [-0.4, -0.2) is 76.3 Å². The number of ether oxygens (including phenoxy) is 2. The number of benzene rings is 1. The number of anilines is 2. The summed E-state index contributed by atoms with van der Waals surface area (Å²) in [6, 6.07) is 5.11. The normalized spacial score (nSPS) is 14.2. The van der Waals surface area contributed by atoms with E-state index in [1.54, 1.807) is 49.0 Å². The Labute approximate surface area is 167 Å². The Hall–Kier alpha value is -3.63. The summed E-state index contributed by atoms with van der Waals surface area (Å²) in [4.78, 5) is 25.1. The van der Waals surface area contributed by atoms with Crippen LogP contribution in [-0.2, 0) is 7.05 Å². The molecule has 0 spiro atoms. The van der Waals surface area contributed by atoms with E-state index in [1.165, 1.54) is 6.33 Å². The second-order valence-electron chi connectivity index (χ2n) is 6.56. The third-order valence-corrected chi connectivity index (χ3v) is 4.87. The van der Waals surface area contributed by atoms with Gasteiger partial charge in [-0.05, 0) is 12.1 Å². The molecule has 0 radical (unpaired) electrons. The second kappa shape index (κ2) is 7.78. The summed E-state index contributed by atoms with van der Waals surface area (Å²) in [6.45, 7) is 2.40. The summed E-state index contributed by atoms with van der Waals surface area (Å²) in [7, 11) is 4.93. The molecule has 2 amide bonds. The average molecular weight is 398 g/mol. The fourth-order valence-electron chi connectivity index (χ4n) is 3.31. The number of hydrogen-bond acceptors (Lipinski definition) is 8. The first-order chi connectivity index (χ1) is 14.1. The van der Waals surface area contributed by atoms with Crippen molar-refractivity contribution in [3.63, 3.8) is 0 Å². The minimum absolute atomic E-state index is 0.163. The number of aryl methyl sites for hydroxylation is 1. The Morgan fingerprint density at radius 2 is 1.83 bits per heavy atom. The van der Waals surface area contributed by atoms with E-state index in [1.807, 2.05) is 0 Å². The number of aromatic nitrogens is 5. The van der Waals surface area contributed by atoms with Crippen molar-refractivity contribution >= 4 is 28.7 Å². The zero-order chi connectivity index (χ0) is 20.4. The molecule has 1 fully saturated rings. The van der Waals surface area contributed by atoms with Crippen LogP contribution in [0.1, 0.15) is 0 Å². The highest BCUT2D eigenvalue weighted by molar-refractivity contribution is 5.90. The van der Waals surface area contributed by atoms with Crippen molar-refractivity contribution in [3.8, 4) is 11.5 Å². The lowest BCUT2D eigenvalue weighted by molar-refractivity contribution is 0.208. The van der Waals surface area contributed by atoms with Crippen LogP contribution in [0.15, 0.2) is 24.5 Å². The van der Waals surface area contributed by atoms with Crippen molar-refractivity contribution in [2.45, 2.75) is 0 Å². The summed E-state index contributed by atoms with van der Waals surface area (Å²) in [5.74, 6) is 1.91. The predicted molar refractivity (Wildman–Crippen MR) is 106 cm³/mol. The van der Waals surface area contributed by atoms with Gasteiger partial charge < -0.3 is 24.6 Å². The Morgan fingerprint density at radius 3 is 2.55 bits per heavy atom. The van der Waals surface area contributed by atoms with E-state index in [9.17, 15) is 4.79 Å². The summed E-state index contributed by atoms with van der Waals surface area (Å²) in [6.07, 6.45) is 1.51. The van der Waals surface area contributed by atoms with Crippen molar-refractivity contribution in [1.82, 2.24) is 29.9 Å². The number of carbonyl (C=O) groups excluding carboxylic acids is 1. The van der Waals surface area contributed by atoms with Crippen LogP contribution in [0, 0.1) is 0 Å². The van der Waals surface area contributed by atoms with Gasteiger partial charge in [-0.15, -0.1) is 5.10 Å². The molecule has 0 atom stereocenters. The van der Waals surface area contributed by atoms with Gasteiger partial charge in [0.25, 0.3) is 0 Å². The molecular formula is C18H22N8O3. The SMILES string of the molecule is COc1ccc(NC(=O)N2CCN(c3ncnc4c3nnn4C)CC2)cc1OC. The van der Waals surface area contributed by atoms with Gasteiger partial charge in [-0.3, -0.25) is 0 Å². The molecule has 0 saturated carbocycles. The van der Waals surface area contributed by atoms with E-state index < -0.39 is 0 Å². The number of methoxy groups -OCH3 is 2. The lowest BCUT2D eigenvalue weighted by Gasteiger charge is -2.35. The minimum atomic E-state index is -0.163. The molecule has 3 aromatic rings. The van der Waals surface area contributed by atoms with Crippen LogP contribution < -0.4 is 19.7 Å². The van der Waals surface area contributed by atoms with E-state index in [-0.39, 0.29) is 6.03 Å². The summed E-state index contributed by atoms with van der Waals surface area (Å²) >= 11 is 0. The number of amides is 2. The molecule has 3 heterocycles. The van der Waals surface area contributed by atoms with Gasteiger partial charge in [0.2, 0.25) is 0 Å². The Morgan fingerprint density at radius 1 is 1.07 bits per heavy atom. The van der Waals surface area contributed by atoms with Crippen LogP contribution in [0.5, 0.6) is 11.5 Å². The molecule has 1 aliphatic rings. The summed E-state index contributed by atoms with van der Waals surface area (Å²) < 4.78 is 12.1. The highest BCUT2D eigenvalue weighted by Gasteiger charge is 2.24. The van der Waals surface area contributed by atoms with E-state index in [0.29, 0.717) is 54.5 Å². The third kappa shape index (κ3) is 3.58. The molecule has 1 N–H and O–H groups in total. The van der Waals surface area contributed by atoms with Crippen LogP contribution in [0.25, 0.3) is 11.2 Å². The Kier molecular flexibility index (Phi) is 5.02. The zero-order valence-corrected chi connectivity index (χ0v) is 16.5. The number of rotatable bonds is 4. The van der Waals surface area contributed by atoms with Gasteiger partial charge in [-0.2, -0.15) is 0 Å². The molecule has 11 nitrogen and oxygen atoms in total. The maximum atomic E-state index is 12.7. The second-order valence-corrected chi connectivity index (χ2v) is 6.56. The topological polar surface area (TPSA) is 111 Å². The summed E-state index contributed by atoms with van der Waals surface area (Å²) in [5, 5.41) is 11.1. The lowest BCUT2D eigenvalue weighted by Crippen LogP contribution is -2.50. The number of urea groups is 1. The number of nitrogens with zero attached hydrogens (tertiary/aromatic N) is 7. The predicted octanol–water partition coefficient (Wildman–Crippen LogP) is 1.13. The van der Waals surface area contributed by atoms with Gasteiger partial charge >= 0.3 is 6.03 Å². The maximum Gasteiger partial charge on any atom is 0.321 e. The molecule has 0 bridgehead atoms. The molecular weight excluding hydrogens is 376 g/mol. The van der Waals surface area contributed by atoms with E-state index >= 15 is 0 Å². The van der Waals surface area contributed by atoms with Gasteiger partial charge in [0.1, 0.15) is 6.33 Å². The fourth-order valence-corrected chi connectivity index (χ4v) is 3.31. The fraction of sp³-hybridized carbons (Fsp3) is 0.389. The molecule has 1 aromatic carbocycles. The van der Waals surface area contributed by atoms with Gasteiger partial charge in [0.05, 0.1) is 14.2 Å². The molecule has 4 rings (SSSR count). The van der Waals surface area contributed by atoms with Crippen molar-refractivity contribution in [2.75, 3.05) is 50.6 Å². The van der Waals surface area contributed by atoms with Crippen LogP contribution >= 0.6 is 0 Å². The van der Waals surface area contributed by atoms with Crippen molar-refractivity contribution in [1.29, 1.82) is 0 Å². The summed E-state index contributed by atoms with van der Waals surface area (Å²) in [5.41, 5.74) is 1.99. The number of piperazine rings is 1. The minimum Gasteiger partial charge on any atom is -0.493 e. The van der Waals surface area contributed by atoms with E-state index in [4.69, 9.17) is 9.47 Å². The monoisotopic (exact) mass is 398 g/mol. The molecule has 11 heteroatoms. The van der Waals surface area contributed by atoms with E-state index in [2.05, 4.69) is 30.5 Å². The van der Waals surface area contributed by atoms with Crippen molar-refractivity contribution < 1.29 is 14.3 Å². The quantitative estimate of drug-likeness (QED) is 0.696. The largest absolute Gasteiger partial charge is 0.493 e. The highest BCUT2D eigenvalue weighted by atomic mass is 16.5. The standard InChI is InChI=1S/C18H22N8O3/c1-24-16-15(22-23-24)17(20-11-19-16)25-6-8-26(9-7-25)18(27)21-12-4-5-13(28-2)14(10-12)29-3/h4-5,10-11H,6-9H2,1-3H3,(H,21,27). The Bertz CT molecular complexity index is 1030. The van der Waals surface area contributed by atoms with Crippen LogP contribution in [0.3, 0.4) is 0 Å². The first-order valence-corrected chi connectivity index (χ1v) is 9.14. The smallest absolute Gasteiger partial charge is 0.321 e. The third-order valence-electron chi connectivity index (χ3n) is 4.87. The number of fused-ring (bicyclic) bond motifs is 1. The number of carbonyl (C=O) groups is 1. The zero-order valence-electron chi connectivity index (χ0n) is 16.5. The van der Waals surface area contributed by atoms with Crippen LogP contribution in [0.4, 0.5) is 16.3 Å². The Balaban J connectivity index is 1.41. The van der Waals surface area contributed by atoms with Gasteiger partial charge in [-0.25, -0.2) is 19.4 Å². The van der Waals surface area contributed by atoms with Crippen LogP contribution in [0.2, 0.25) is 0 Å². The molecule has 152 valence electrons. The van der Waals surface area contributed by atoms with Crippen molar-refractivity contribution in [3.05, 3.63) is 24.5 Å². The molecule has 0 unspecified atom stereocenters. The maximum absolute atomic E-state index is 12.7. The van der Waals surface area contributed by atoms with E-state index in [0.717, 1.165) is 5.82 Å². The number of nitrogens with one attached hydrogen (secondary N) is 1. The molecule has 1 saturated heterocycles. The lowest BCUT2D eigenvalue weighted by atomic mass is 10.2. The average Bonchev–Trinajstić information content (AvgIpc) is 3.14. The highest BCUT2D eigenvalue weighted by Crippen LogP contribution is 2.30. The molecule has 29 heavy (non-hydrogen) atoms.